The highest BCUT2D eigenvalue weighted by Crippen LogP contribution is 2.29. The summed E-state index contributed by atoms with van der Waals surface area (Å²) in [4.78, 5) is 12.5. The number of aliphatic hydroxyl groups excluding tert-OH is 2. The number of fused-ring (bicyclic) bond motifs is 1. The van der Waals surface area contributed by atoms with Crippen LogP contribution in [0, 0.1) is 0 Å². The molecular weight excluding hydrogens is 212 g/mol. The summed E-state index contributed by atoms with van der Waals surface area (Å²) in [5, 5.41) is 19.0. The molecule has 0 bridgehead atoms. The fourth-order valence-corrected chi connectivity index (χ4v) is 1.96. The number of nitrogens with zero attached hydrogens (tertiary/aromatic N) is 1. The third-order valence-corrected chi connectivity index (χ3v) is 2.68. The predicted octanol–water partition coefficient (Wildman–Crippen LogP) is -1.71. The van der Waals surface area contributed by atoms with Crippen LogP contribution in [0.1, 0.15) is 0 Å². The number of carbonyl (C=O) groups excluding carboxylic acids is 1. The molecule has 2 aliphatic heterocycles. The summed E-state index contributed by atoms with van der Waals surface area (Å²) in [5.41, 5.74) is 5.38. The zero-order valence-corrected chi connectivity index (χ0v) is 8.18. The molecule has 4 atom stereocenters. The van der Waals surface area contributed by atoms with E-state index in [4.69, 9.17) is 10.5 Å². The van der Waals surface area contributed by atoms with Crippen molar-refractivity contribution in [2.24, 2.45) is 5.73 Å². The summed E-state index contributed by atoms with van der Waals surface area (Å²) in [7, 11) is 0. The van der Waals surface area contributed by atoms with Crippen molar-refractivity contribution in [3.8, 4) is 0 Å². The molecule has 1 amide bonds. The highest BCUT2D eigenvalue weighted by molar-refractivity contribution is 5.85. The number of aliphatic hydroxyl groups is 2. The van der Waals surface area contributed by atoms with Crippen molar-refractivity contribution in [1.82, 2.24) is 4.90 Å². The highest BCUT2D eigenvalue weighted by atomic mass is 35.5. The van der Waals surface area contributed by atoms with Crippen LogP contribution in [0.3, 0.4) is 0 Å². The minimum Gasteiger partial charge on any atom is -0.447 e. The molecule has 0 spiro atoms. The van der Waals surface area contributed by atoms with Gasteiger partial charge in [0.05, 0.1) is 12.1 Å². The average molecular weight is 225 g/mol. The maximum absolute atomic E-state index is 11.1. The monoisotopic (exact) mass is 224 g/mol. The SMILES string of the molecule is Cl.NC[C@@H]1[C@@H](O)[C@H](O)[C@H]2COC(=O)N12. The summed E-state index contributed by atoms with van der Waals surface area (Å²) in [5.74, 6) is 0. The average Bonchev–Trinajstić information content (AvgIpc) is 2.58. The van der Waals surface area contributed by atoms with Gasteiger partial charge in [0.2, 0.25) is 0 Å². The van der Waals surface area contributed by atoms with Gasteiger partial charge in [0, 0.05) is 6.54 Å². The maximum atomic E-state index is 11.1. The zero-order valence-electron chi connectivity index (χ0n) is 7.37. The lowest BCUT2D eigenvalue weighted by molar-refractivity contribution is 0.0198. The van der Waals surface area contributed by atoms with Crippen molar-refractivity contribution in [3.05, 3.63) is 0 Å². The Labute approximate surface area is 87.0 Å². The first kappa shape index (κ1) is 11.5. The lowest BCUT2D eigenvalue weighted by Gasteiger charge is -2.20. The minimum absolute atomic E-state index is 0. The van der Waals surface area contributed by atoms with E-state index in [1.165, 1.54) is 4.90 Å². The molecule has 0 unspecified atom stereocenters. The minimum atomic E-state index is -0.956. The number of hydrogen-bond donors (Lipinski definition) is 3. The third-order valence-electron chi connectivity index (χ3n) is 2.68. The fourth-order valence-electron chi connectivity index (χ4n) is 1.96. The van der Waals surface area contributed by atoms with E-state index in [1.807, 2.05) is 0 Å². The van der Waals surface area contributed by atoms with Crippen molar-refractivity contribution in [1.29, 1.82) is 0 Å². The van der Waals surface area contributed by atoms with E-state index < -0.39 is 30.4 Å². The summed E-state index contributed by atoms with van der Waals surface area (Å²) >= 11 is 0. The second-order valence-corrected chi connectivity index (χ2v) is 3.34. The molecular formula is C7H13ClN2O4. The molecule has 6 nitrogen and oxygen atoms in total. The van der Waals surface area contributed by atoms with Gasteiger partial charge in [-0.1, -0.05) is 0 Å². The van der Waals surface area contributed by atoms with Crippen molar-refractivity contribution >= 4 is 18.5 Å². The van der Waals surface area contributed by atoms with Gasteiger partial charge in [-0.3, -0.25) is 4.90 Å². The van der Waals surface area contributed by atoms with Crippen LogP contribution in [0.25, 0.3) is 0 Å². The number of carbonyl (C=O) groups is 1. The van der Waals surface area contributed by atoms with Crippen LogP contribution in [0.15, 0.2) is 0 Å². The van der Waals surface area contributed by atoms with Crippen molar-refractivity contribution in [3.63, 3.8) is 0 Å². The van der Waals surface area contributed by atoms with Gasteiger partial charge >= 0.3 is 6.09 Å². The van der Waals surface area contributed by atoms with Gasteiger partial charge in [-0.15, -0.1) is 12.4 Å². The Morgan fingerprint density at radius 2 is 2.14 bits per heavy atom. The topological polar surface area (TPSA) is 96.0 Å². The maximum Gasteiger partial charge on any atom is 0.410 e. The lowest BCUT2D eigenvalue weighted by Crippen LogP contribution is -2.43. The number of cyclic esters (lactones) is 1. The van der Waals surface area contributed by atoms with Crippen LogP contribution in [0.2, 0.25) is 0 Å². The highest BCUT2D eigenvalue weighted by Gasteiger charge is 2.53. The molecule has 2 rings (SSSR count). The van der Waals surface area contributed by atoms with Crippen molar-refractivity contribution in [2.75, 3.05) is 13.2 Å². The van der Waals surface area contributed by atoms with Crippen molar-refractivity contribution in [2.45, 2.75) is 24.3 Å². The molecule has 2 fully saturated rings. The summed E-state index contributed by atoms with van der Waals surface area (Å²) in [6.45, 7) is 0.261. The second kappa shape index (κ2) is 3.90. The Morgan fingerprint density at radius 1 is 1.50 bits per heavy atom. The van der Waals surface area contributed by atoms with Gasteiger partial charge in [0.15, 0.2) is 0 Å². The molecule has 0 saturated carbocycles. The smallest absolute Gasteiger partial charge is 0.410 e. The van der Waals surface area contributed by atoms with E-state index in [1.54, 1.807) is 0 Å². The Bertz CT molecular complexity index is 238. The standard InChI is InChI=1S/C7H12N2O4.ClH/c8-1-3-5(10)6(11)4-2-13-7(12)9(3)4;/h3-6,10-11H,1-2,8H2;1H/t3-,4-,5-,6-;/m1./s1. The van der Waals surface area contributed by atoms with Crippen LogP contribution in [0.4, 0.5) is 4.79 Å². The van der Waals surface area contributed by atoms with E-state index in [0.29, 0.717) is 0 Å². The number of hydrogen-bond acceptors (Lipinski definition) is 5. The molecule has 0 radical (unpaired) electrons. The van der Waals surface area contributed by atoms with E-state index in [-0.39, 0.29) is 25.6 Å². The Morgan fingerprint density at radius 3 is 2.71 bits per heavy atom. The Hall–Kier alpha value is -0.560. The van der Waals surface area contributed by atoms with Gasteiger partial charge in [-0.25, -0.2) is 4.79 Å². The van der Waals surface area contributed by atoms with E-state index in [9.17, 15) is 15.0 Å². The van der Waals surface area contributed by atoms with Gasteiger partial charge < -0.3 is 20.7 Å². The lowest BCUT2D eigenvalue weighted by atomic mass is 10.1. The quantitative estimate of drug-likeness (QED) is 0.493. The molecule has 4 N–H and O–H groups in total. The van der Waals surface area contributed by atoms with Gasteiger partial charge in [0.25, 0.3) is 0 Å². The van der Waals surface area contributed by atoms with E-state index in [2.05, 4.69) is 0 Å². The van der Waals surface area contributed by atoms with Crippen LogP contribution in [-0.4, -0.2) is 58.6 Å². The third kappa shape index (κ3) is 1.35. The summed E-state index contributed by atoms with van der Waals surface area (Å²) < 4.78 is 4.73. The molecule has 14 heavy (non-hydrogen) atoms. The second-order valence-electron chi connectivity index (χ2n) is 3.34. The van der Waals surface area contributed by atoms with Crippen LogP contribution in [0.5, 0.6) is 0 Å². The molecule has 0 aromatic heterocycles. The molecule has 2 aliphatic rings. The van der Waals surface area contributed by atoms with Gasteiger partial charge in [0.1, 0.15) is 18.8 Å². The fraction of sp³-hybridized carbons (Fsp3) is 0.857. The normalized spacial score (nSPS) is 40.5. The molecule has 0 aromatic carbocycles. The van der Waals surface area contributed by atoms with Gasteiger partial charge in [-0.05, 0) is 0 Å². The summed E-state index contributed by atoms with van der Waals surface area (Å²) in [6, 6.07) is -0.953. The first-order valence-electron chi connectivity index (χ1n) is 4.18. The molecule has 7 heteroatoms. The van der Waals surface area contributed by atoms with E-state index in [0.717, 1.165) is 0 Å². The van der Waals surface area contributed by atoms with Gasteiger partial charge in [-0.2, -0.15) is 0 Å². The number of amides is 1. The number of nitrogens with two attached hydrogens (primary N) is 1. The zero-order chi connectivity index (χ0) is 9.59. The van der Waals surface area contributed by atoms with Crippen LogP contribution >= 0.6 is 12.4 Å². The molecule has 0 aliphatic carbocycles. The first-order chi connectivity index (χ1) is 6.16. The number of rotatable bonds is 1. The summed E-state index contributed by atoms with van der Waals surface area (Å²) in [6.07, 6.45) is -2.40. The molecule has 2 saturated heterocycles. The van der Waals surface area contributed by atoms with Crippen molar-refractivity contribution < 1.29 is 19.7 Å². The predicted molar refractivity (Wildman–Crippen MR) is 49.1 cm³/mol. The Kier molecular flexibility index (Phi) is 3.20. The van der Waals surface area contributed by atoms with Crippen LogP contribution < -0.4 is 5.73 Å². The molecule has 2 heterocycles. The molecule has 82 valence electrons. The Balaban J connectivity index is 0.000000980. The van der Waals surface area contributed by atoms with E-state index >= 15 is 0 Å². The number of halogens is 1. The first-order valence-corrected chi connectivity index (χ1v) is 4.18. The number of ether oxygens (including phenoxy) is 1. The largest absolute Gasteiger partial charge is 0.447 e. The molecule has 0 aromatic rings. The van der Waals surface area contributed by atoms with Crippen LogP contribution in [-0.2, 0) is 4.74 Å².